The Morgan fingerprint density at radius 1 is 1.09 bits per heavy atom. The van der Waals surface area contributed by atoms with Gasteiger partial charge in [0.25, 0.3) is 5.91 Å². The summed E-state index contributed by atoms with van der Waals surface area (Å²) in [5.74, 6) is 1.70. The fraction of sp³-hybridized carbons (Fsp3) is 0.148. The Hall–Kier alpha value is -3.91. The molecule has 0 bridgehead atoms. The maximum Gasteiger partial charge on any atom is 0.251 e. The summed E-state index contributed by atoms with van der Waals surface area (Å²) in [6.07, 6.45) is 1.82. The number of methoxy groups -OCH3 is 1. The smallest absolute Gasteiger partial charge is 0.251 e. The summed E-state index contributed by atoms with van der Waals surface area (Å²) in [7, 11) is 1.63. The number of thioether (sulfide) groups is 1. The van der Waals surface area contributed by atoms with Crippen molar-refractivity contribution < 1.29 is 13.9 Å². The zero-order valence-corrected chi connectivity index (χ0v) is 20.1. The highest BCUT2D eigenvalue weighted by Crippen LogP contribution is 2.28. The lowest BCUT2D eigenvalue weighted by Crippen LogP contribution is -2.22. The highest BCUT2D eigenvalue weighted by atomic mass is 32.2. The molecule has 1 aromatic heterocycles. The fourth-order valence-electron chi connectivity index (χ4n) is 3.45. The predicted molar refractivity (Wildman–Crippen MR) is 136 cm³/mol. The van der Waals surface area contributed by atoms with Gasteiger partial charge in [0, 0.05) is 30.0 Å². The number of hydrogen-bond donors (Lipinski definition) is 1. The number of amides is 1. The van der Waals surface area contributed by atoms with Gasteiger partial charge >= 0.3 is 0 Å². The number of carbonyl (C=O) groups is 1. The maximum atomic E-state index is 13.0. The Balaban J connectivity index is 1.39. The number of rotatable bonds is 10. The van der Waals surface area contributed by atoms with Crippen LogP contribution in [0.5, 0.6) is 5.75 Å². The molecule has 0 saturated carbocycles. The number of halogens is 1. The quantitative estimate of drug-likeness (QED) is 0.236. The molecule has 1 heterocycles. The molecule has 0 unspecified atom stereocenters. The van der Waals surface area contributed by atoms with Crippen molar-refractivity contribution in [3.05, 3.63) is 108 Å². The molecule has 8 heteroatoms. The van der Waals surface area contributed by atoms with Crippen LogP contribution in [0.1, 0.15) is 21.5 Å². The van der Waals surface area contributed by atoms with Crippen LogP contribution in [-0.2, 0) is 18.8 Å². The van der Waals surface area contributed by atoms with Crippen LogP contribution >= 0.6 is 11.8 Å². The van der Waals surface area contributed by atoms with E-state index in [1.54, 1.807) is 43.1 Å². The number of carbonyl (C=O) groups excluding carboxylic acids is 1. The number of benzene rings is 3. The summed E-state index contributed by atoms with van der Waals surface area (Å²) in [6, 6.07) is 21.2. The van der Waals surface area contributed by atoms with E-state index in [2.05, 4.69) is 22.1 Å². The highest BCUT2D eigenvalue weighted by Gasteiger charge is 2.14. The molecule has 178 valence electrons. The molecule has 3 aromatic carbocycles. The third-order valence-electron chi connectivity index (χ3n) is 5.31. The van der Waals surface area contributed by atoms with E-state index in [0.29, 0.717) is 24.4 Å². The molecule has 4 rings (SSSR count). The minimum Gasteiger partial charge on any atom is -0.497 e. The zero-order chi connectivity index (χ0) is 24.6. The van der Waals surface area contributed by atoms with E-state index in [9.17, 15) is 9.18 Å². The van der Waals surface area contributed by atoms with Gasteiger partial charge in [0.1, 0.15) is 11.6 Å². The average molecular weight is 489 g/mol. The number of ether oxygens (including phenoxy) is 1. The first kappa shape index (κ1) is 24.2. The summed E-state index contributed by atoms with van der Waals surface area (Å²) >= 11 is 1.57. The zero-order valence-electron chi connectivity index (χ0n) is 19.3. The van der Waals surface area contributed by atoms with Crippen LogP contribution in [0.25, 0.3) is 11.4 Å². The van der Waals surface area contributed by atoms with Crippen LogP contribution in [-0.4, -0.2) is 27.8 Å². The average Bonchev–Trinajstić information content (AvgIpc) is 3.30. The highest BCUT2D eigenvalue weighted by molar-refractivity contribution is 7.98. The SMILES string of the molecule is C=CCn1c(SCc2ccc(C(=O)NCc3ccc(F)cc3)cc2)nnc1-c1cccc(OC)c1. The van der Waals surface area contributed by atoms with Crippen molar-refractivity contribution in [3.8, 4) is 17.1 Å². The van der Waals surface area contributed by atoms with Crippen LogP contribution in [0.15, 0.2) is 90.6 Å². The molecule has 0 aliphatic rings. The van der Waals surface area contributed by atoms with E-state index >= 15 is 0 Å². The largest absolute Gasteiger partial charge is 0.497 e. The number of aromatic nitrogens is 3. The second-order valence-corrected chi connectivity index (χ2v) is 8.67. The summed E-state index contributed by atoms with van der Waals surface area (Å²) in [5, 5.41) is 12.4. The van der Waals surface area contributed by atoms with Crippen LogP contribution in [0.4, 0.5) is 4.39 Å². The van der Waals surface area contributed by atoms with Crippen molar-refractivity contribution in [1.82, 2.24) is 20.1 Å². The molecule has 1 amide bonds. The van der Waals surface area contributed by atoms with Gasteiger partial charge in [-0.25, -0.2) is 4.39 Å². The molecule has 0 atom stereocenters. The monoisotopic (exact) mass is 488 g/mol. The maximum absolute atomic E-state index is 13.0. The Kier molecular flexibility index (Phi) is 7.95. The lowest BCUT2D eigenvalue weighted by molar-refractivity contribution is 0.0951. The van der Waals surface area contributed by atoms with Gasteiger partial charge in [0.15, 0.2) is 11.0 Å². The predicted octanol–water partition coefficient (Wildman–Crippen LogP) is 5.50. The Morgan fingerprint density at radius 2 is 1.83 bits per heavy atom. The third kappa shape index (κ3) is 6.16. The van der Waals surface area contributed by atoms with Gasteiger partial charge in [-0.2, -0.15) is 0 Å². The van der Waals surface area contributed by atoms with Crippen molar-refractivity contribution in [2.75, 3.05) is 7.11 Å². The van der Waals surface area contributed by atoms with Crippen molar-refractivity contribution in [2.45, 2.75) is 24.0 Å². The van der Waals surface area contributed by atoms with Crippen LogP contribution in [0.3, 0.4) is 0 Å². The van der Waals surface area contributed by atoms with Crippen molar-refractivity contribution in [2.24, 2.45) is 0 Å². The minimum atomic E-state index is -0.298. The number of hydrogen-bond acceptors (Lipinski definition) is 5. The van der Waals surface area contributed by atoms with Crippen LogP contribution in [0, 0.1) is 5.82 Å². The molecule has 6 nitrogen and oxygen atoms in total. The molecule has 0 fully saturated rings. The van der Waals surface area contributed by atoms with Gasteiger partial charge in [-0.3, -0.25) is 9.36 Å². The molecule has 0 aliphatic carbocycles. The van der Waals surface area contributed by atoms with Gasteiger partial charge in [0.2, 0.25) is 0 Å². The summed E-state index contributed by atoms with van der Waals surface area (Å²) in [5.41, 5.74) is 3.38. The van der Waals surface area contributed by atoms with Crippen molar-refractivity contribution in [3.63, 3.8) is 0 Å². The van der Waals surface area contributed by atoms with Gasteiger partial charge < -0.3 is 10.1 Å². The molecule has 0 radical (unpaired) electrons. The van der Waals surface area contributed by atoms with E-state index in [4.69, 9.17) is 4.74 Å². The van der Waals surface area contributed by atoms with Crippen molar-refractivity contribution >= 4 is 17.7 Å². The standard InChI is InChI=1S/C27H25FN4O2S/c1-3-15-32-25(22-5-4-6-24(16-22)34-2)30-31-27(32)35-18-20-7-11-21(12-8-20)26(33)29-17-19-9-13-23(28)14-10-19/h3-14,16H,1,15,17-18H2,2H3,(H,29,33). The summed E-state index contributed by atoms with van der Waals surface area (Å²) < 4.78 is 20.4. The minimum absolute atomic E-state index is 0.179. The first-order valence-corrected chi connectivity index (χ1v) is 12.0. The molecule has 0 saturated heterocycles. The Morgan fingerprint density at radius 3 is 2.54 bits per heavy atom. The molecular weight excluding hydrogens is 463 g/mol. The molecule has 0 aliphatic heterocycles. The fourth-order valence-corrected chi connectivity index (χ4v) is 4.36. The topological polar surface area (TPSA) is 69.0 Å². The van der Waals surface area contributed by atoms with Crippen LogP contribution < -0.4 is 10.1 Å². The second-order valence-electron chi connectivity index (χ2n) is 7.73. The molecular formula is C27H25FN4O2S. The molecule has 35 heavy (non-hydrogen) atoms. The number of nitrogens with one attached hydrogen (secondary N) is 1. The van der Waals surface area contributed by atoms with E-state index in [1.807, 2.05) is 47.0 Å². The first-order valence-electron chi connectivity index (χ1n) is 11.0. The van der Waals surface area contributed by atoms with E-state index < -0.39 is 0 Å². The number of allylic oxidation sites excluding steroid dienone is 1. The Labute approximate surface area is 207 Å². The second kappa shape index (κ2) is 11.5. The van der Waals surface area contributed by atoms with Crippen molar-refractivity contribution in [1.29, 1.82) is 0 Å². The molecule has 1 N–H and O–H groups in total. The van der Waals surface area contributed by atoms with Gasteiger partial charge in [-0.15, -0.1) is 16.8 Å². The lowest BCUT2D eigenvalue weighted by atomic mass is 10.1. The number of nitrogens with zero attached hydrogens (tertiary/aromatic N) is 3. The van der Waals surface area contributed by atoms with Gasteiger partial charge in [-0.1, -0.05) is 54.2 Å². The van der Waals surface area contributed by atoms with Crippen LogP contribution in [0.2, 0.25) is 0 Å². The summed E-state index contributed by atoms with van der Waals surface area (Å²) in [6.45, 7) is 4.78. The normalized spacial score (nSPS) is 10.7. The molecule has 4 aromatic rings. The summed E-state index contributed by atoms with van der Waals surface area (Å²) in [4.78, 5) is 12.4. The van der Waals surface area contributed by atoms with Gasteiger partial charge in [0.05, 0.1) is 7.11 Å². The van der Waals surface area contributed by atoms with E-state index in [-0.39, 0.29) is 11.7 Å². The van der Waals surface area contributed by atoms with E-state index in [1.165, 1.54) is 12.1 Å². The van der Waals surface area contributed by atoms with Gasteiger partial charge in [-0.05, 0) is 47.5 Å². The first-order chi connectivity index (χ1) is 17.1. The molecule has 0 spiro atoms. The van der Waals surface area contributed by atoms with E-state index in [0.717, 1.165) is 33.4 Å². The lowest BCUT2D eigenvalue weighted by Gasteiger charge is -2.09. The third-order valence-corrected chi connectivity index (χ3v) is 6.34. The Bertz CT molecular complexity index is 1300.